The summed E-state index contributed by atoms with van der Waals surface area (Å²) in [5.41, 5.74) is 1.22. The maximum atomic E-state index is 12.0. The zero-order valence-electron chi connectivity index (χ0n) is 12.6. The number of hydrogen-bond donors (Lipinski definition) is 2. The number of imide groups is 1. The second kappa shape index (κ2) is 6.73. The van der Waals surface area contributed by atoms with Crippen molar-refractivity contribution in [3.63, 3.8) is 0 Å². The topological polar surface area (TPSA) is 79.0 Å². The summed E-state index contributed by atoms with van der Waals surface area (Å²) >= 11 is 6.40. The number of pyridine rings is 1. The smallest absolute Gasteiger partial charge is 0.263 e. The van der Waals surface area contributed by atoms with Gasteiger partial charge < -0.3 is 4.98 Å². The number of piperidine rings is 1. The Hall–Kier alpha value is -2.84. The molecule has 1 aliphatic heterocycles. The van der Waals surface area contributed by atoms with E-state index in [4.69, 9.17) is 11.6 Å². The van der Waals surface area contributed by atoms with Crippen molar-refractivity contribution in [2.24, 2.45) is 0 Å². The Bertz CT molecular complexity index is 937. The van der Waals surface area contributed by atoms with Gasteiger partial charge in [0, 0.05) is 18.2 Å². The number of halogens is 1. The van der Waals surface area contributed by atoms with Gasteiger partial charge in [-0.2, -0.15) is 0 Å². The molecule has 0 saturated carbocycles. The van der Waals surface area contributed by atoms with Gasteiger partial charge >= 0.3 is 0 Å². The summed E-state index contributed by atoms with van der Waals surface area (Å²) < 4.78 is 0. The third-order valence-corrected chi connectivity index (χ3v) is 4.22. The predicted octanol–water partition coefficient (Wildman–Crippen LogP) is 1.95. The molecule has 1 aliphatic rings. The summed E-state index contributed by atoms with van der Waals surface area (Å²) in [7, 11) is 0. The van der Waals surface area contributed by atoms with Crippen LogP contribution in [0.5, 0.6) is 0 Å². The number of H-pyrrole nitrogens is 1. The predicted molar refractivity (Wildman–Crippen MR) is 89.6 cm³/mol. The average Bonchev–Trinajstić information content (AvgIpc) is 2.56. The van der Waals surface area contributed by atoms with Crippen LogP contribution in [0.4, 0.5) is 0 Å². The fraction of sp³-hybridized carbons (Fsp3) is 0.167. The standard InChI is InChI=1S/C18H13ClN2O3/c19-16-11(6-7-12-4-2-10-20-17(12)23)3-1-5-13(16)14-8-9-15(22)21-18(14)24/h1-5,10,14H,8-9H2,(H,20,23)(H,21,22,24). The summed E-state index contributed by atoms with van der Waals surface area (Å²) in [6.45, 7) is 0. The zero-order chi connectivity index (χ0) is 17.1. The van der Waals surface area contributed by atoms with E-state index in [1.165, 1.54) is 6.20 Å². The lowest BCUT2D eigenvalue weighted by molar-refractivity contribution is -0.134. The summed E-state index contributed by atoms with van der Waals surface area (Å²) in [5.74, 6) is 4.56. The van der Waals surface area contributed by atoms with E-state index >= 15 is 0 Å². The van der Waals surface area contributed by atoms with Crippen molar-refractivity contribution in [3.8, 4) is 11.8 Å². The Kier molecular flexibility index (Phi) is 4.50. The highest BCUT2D eigenvalue weighted by Crippen LogP contribution is 2.32. The van der Waals surface area contributed by atoms with E-state index in [0.29, 0.717) is 28.1 Å². The fourth-order valence-corrected chi connectivity index (χ4v) is 2.87. The molecule has 3 rings (SSSR count). The normalized spacial score (nSPS) is 17.0. The Morgan fingerprint density at radius 1 is 1.04 bits per heavy atom. The molecule has 5 nitrogen and oxygen atoms in total. The van der Waals surface area contributed by atoms with Crippen molar-refractivity contribution in [3.05, 3.63) is 68.6 Å². The van der Waals surface area contributed by atoms with E-state index in [-0.39, 0.29) is 23.8 Å². The third-order valence-electron chi connectivity index (χ3n) is 3.79. The van der Waals surface area contributed by atoms with Crippen LogP contribution in [0.25, 0.3) is 0 Å². The first-order chi connectivity index (χ1) is 11.6. The fourth-order valence-electron chi connectivity index (χ4n) is 2.56. The number of aromatic nitrogens is 1. The number of carbonyl (C=O) groups excluding carboxylic acids is 2. The number of nitrogens with one attached hydrogen (secondary N) is 2. The van der Waals surface area contributed by atoms with E-state index < -0.39 is 5.92 Å². The van der Waals surface area contributed by atoms with Crippen molar-refractivity contribution < 1.29 is 9.59 Å². The van der Waals surface area contributed by atoms with Crippen LogP contribution in [0.2, 0.25) is 5.02 Å². The van der Waals surface area contributed by atoms with Crippen molar-refractivity contribution in [1.82, 2.24) is 10.3 Å². The maximum Gasteiger partial charge on any atom is 0.263 e. The van der Waals surface area contributed by atoms with Crippen molar-refractivity contribution >= 4 is 23.4 Å². The third kappa shape index (κ3) is 3.24. The SMILES string of the molecule is O=C1CCC(c2cccc(C#Cc3ccc[nH]c3=O)c2Cl)C(=O)N1. The van der Waals surface area contributed by atoms with Gasteiger partial charge in [-0.3, -0.25) is 19.7 Å². The lowest BCUT2D eigenvalue weighted by atomic mass is 9.89. The highest BCUT2D eigenvalue weighted by Gasteiger charge is 2.29. The number of benzene rings is 1. The molecule has 1 atom stereocenters. The van der Waals surface area contributed by atoms with Crippen LogP contribution >= 0.6 is 11.6 Å². The second-order valence-electron chi connectivity index (χ2n) is 5.38. The number of aromatic amines is 1. The van der Waals surface area contributed by atoms with E-state index in [0.717, 1.165) is 0 Å². The molecule has 1 fully saturated rings. The van der Waals surface area contributed by atoms with Crippen LogP contribution in [-0.4, -0.2) is 16.8 Å². The molecule has 1 saturated heterocycles. The largest absolute Gasteiger partial charge is 0.328 e. The summed E-state index contributed by atoms with van der Waals surface area (Å²) in [4.78, 5) is 37.5. The Morgan fingerprint density at radius 2 is 1.79 bits per heavy atom. The highest BCUT2D eigenvalue weighted by molar-refractivity contribution is 6.33. The van der Waals surface area contributed by atoms with Gasteiger partial charge in [0.2, 0.25) is 11.8 Å². The van der Waals surface area contributed by atoms with Gasteiger partial charge in [-0.1, -0.05) is 35.6 Å². The molecule has 1 aromatic carbocycles. The summed E-state index contributed by atoms with van der Waals surface area (Å²) in [6.07, 6.45) is 2.23. The Morgan fingerprint density at radius 3 is 2.54 bits per heavy atom. The lowest BCUT2D eigenvalue weighted by Crippen LogP contribution is -2.39. The minimum atomic E-state index is -0.475. The zero-order valence-corrected chi connectivity index (χ0v) is 13.3. The van der Waals surface area contributed by atoms with Crippen molar-refractivity contribution in [2.45, 2.75) is 18.8 Å². The van der Waals surface area contributed by atoms with Crippen molar-refractivity contribution in [2.75, 3.05) is 0 Å². The molecule has 2 heterocycles. The molecule has 0 bridgehead atoms. The van der Waals surface area contributed by atoms with Gasteiger partial charge in [-0.25, -0.2) is 0 Å². The van der Waals surface area contributed by atoms with Crippen LogP contribution in [0.15, 0.2) is 41.3 Å². The van der Waals surface area contributed by atoms with Crippen LogP contribution in [0.1, 0.15) is 35.4 Å². The van der Waals surface area contributed by atoms with Crippen LogP contribution in [0.3, 0.4) is 0 Å². The molecule has 0 spiro atoms. The average molecular weight is 341 g/mol. The quantitative estimate of drug-likeness (QED) is 0.615. The number of hydrogen-bond acceptors (Lipinski definition) is 3. The van der Waals surface area contributed by atoms with E-state index in [1.807, 2.05) is 0 Å². The molecule has 1 aromatic heterocycles. The first-order valence-corrected chi connectivity index (χ1v) is 7.76. The summed E-state index contributed by atoms with van der Waals surface area (Å²) in [6, 6.07) is 8.53. The second-order valence-corrected chi connectivity index (χ2v) is 5.75. The molecular formula is C18H13ClN2O3. The lowest BCUT2D eigenvalue weighted by Gasteiger charge is -2.22. The molecular weight excluding hydrogens is 328 g/mol. The minimum absolute atomic E-state index is 0.272. The van der Waals surface area contributed by atoms with Gasteiger partial charge in [0.05, 0.1) is 16.5 Å². The minimum Gasteiger partial charge on any atom is -0.328 e. The van der Waals surface area contributed by atoms with Gasteiger partial charge in [-0.05, 0) is 30.2 Å². The van der Waals surface area contributed by atoms with E-state index in [9.17, 15) is 14.4 Å². The molecule has 1 unspecified atom stereocenters. The molecule has 2 aromatic rings. The van der Waals surface area contributed by atoms with E-state index in [2.05, 4.69) is 22.1 Å². The number of amides is 2. The highest BCUT2D eigenvalue weighted by atomic mass is 35.5. The van der Waals surface area contributed by atoms with Crippen molar-refractivity contribution in [1.29, 1.82) is 0 Å². The van der Waals surface area contributed by atoms with Crippen LogP contribution in [-0.2, 0) is 9.59 Å². The number of rotatable bonds is 1. The molecule has 2 amide bonds. The van der Waals surface area contributed by atoms with E-state index in [1.54, 1.807) is 30.3 Å². The monoisotopic (exact) mass is 340 g/mol. The molecule has 6 heteroatoms. The first kappa shape index (κ1) is 16.0. The maximum absolute atomic E-state index is 12.0. The Labute approximate surface area is 143 Å². The molecule has 0 radical (unpaired) electrons. The van der Waals surface area contributed by atoms with Crippen LogP contribution in [0, 0.1) is 11.8 Å². The van der Waals surface area contributed by atoms with Gasteiger partial charge in [0.1, 0.15) is 0 Å². The number of carbonyl (C=O) groups is 2. The molecule has 2 N–H and O–H groups in total. The molecule has 24 heavy (non-hydrogen) atoms. The molecule has 120 valence electrons. The summed E-state index contributed by atoms with van der Waals surface area (Å²) in [5, 5.41) is 2.69. The van der Waals surface area contributed by atoms with Gasteiger partial charge in [-0.15, -0.1) is 0 Å². The van der Waals surface area contributed by atoms with Crippen LogP contribution < -0.4 is 10.9 Å². The molecule has 0 aliphatic carbocycles. The van der Waals surface area contributed by atoms with Gasteiger partial charge in [0.15, 0.2) is 0 Å². The Balaban J connectivity index is 1.95. The first-order valence-electron chi connectivity index (χ1n) is 7.38. The van der Waals surface area contributed by atoms with Gasteiger partial charge in [0.25, 0.3) is 5.56 Å².